The first kappa shape index (κ1) is 13.3. The molecule has 0 saturated heterocycles. The number of nitrogens with zero attached hydrogens (tertiary/aromatic N) is 1. The highest BCUT2D eigenvalue weighted by Gasteiger charge is 2.10. The third-order valence-corrected chi connectivity index (χ3v) is 4.40. The number of pyridine rings is 1. The molecule has 0 spiro atoms. The molecule has 0 unspecified atom stereocenters. The number of carbonyl (C=O) groups is 1. The van der Waals surface area contributed by atoms with Crippen molar-refractivity contribution in [1.29, 1.82) is 0 Å². The van der Waals surface area contributed by atoms with Gasteiger partial charge in [0, 0.05) is 40.9 Å². The predicted octanol–water partition coefficient (Wildman–Crippen LogP) is 3.36. The molecule has 3 heterocycles. The minimum atomic E-state index is -0.0457. The summed E-state index contributed by atoms with van der Waals surface area (Å²) in [5, 5.41) is 3.91. The Morgan fingerprint density at radius 2 is 2.35 bits per heavy atom. The maximum absolute atomic E-state index is 12.1. The van der Waals surface area contributed by atoms with Crippen LogP contribution in [0.25, 0.3) is 10.2 Å². The molecule has 0 atom stereocenters. The van der Waals surface area contributed by atoms with Crippen molar-refractivity contribution < 1.29 is 4.79 Å². The lowest BCUT2D eigenvalue weighted by Gasteiger charge is -2.01. The average Bonchev–Trinajstić information content (AvgIpc) is 3.06. The first-order valence-corrected chi connectivity index (χ1v) is 7.79. The Balaban J connectivity index is 1.66. The van der Waals surface area contributed by atoms with E-state index in [9.17, 15) is 4.79 Å². The van der Waals surface area contributed by atoms with Crippen LogP contribution in [0.2, 0.25) is 0 Å². The molecule has 0 saturated carbocycles. The van der Waals surface area contributed by atoms with Gasteiger partial charge in [-0.25, -0.2) is 4.98 Å². The highest BCUT2D eigenvalue weighted by atomic mass is 79.9. The first-order chi connectivity index (χ1) is 9.72. The van der Waals surface area contributed by atoms with Crippen LogP contribution in [-0.2, 0) is 6.42 Å². The van der Waals surface area contributed by atoms with Crippen LogP contribution >= 0.6 is 27.3 Å². The van der Waals surface area contributed by atoms with Crippen LogP contribution in [0.4, 0.5) is 0 Å². The summed E-state index contributed by atoms with van der Waals surface area (Å²) in [6.07, 6.45) is 4.42. The number of aromatic nitrogens is 2. The fraction of sp³-hybridized carbons (Fsp3) is 0.143. The topological polar surface area (TPSA) is 57.8 Å². The van der Waals surface area contributed by atoms with Gasteiger partial charge in [-0.3, -0.25) is 4.79 Å². The van der Waals surface area contributed by atoms with Gasteiger partial charge in [-0.1, -0.05) is 0 Å². The Labute approximate surface area is 128 Å². The molecule has 102 valence electrons. The number of halogens is 1. The molecular weight excluding hydrogens is 338 g/mol. The SMILES string of the molecule is O=C(NCCc1ccc[nH]1)c1cc2cc(Br)cnc2s1. The van der Waals surface area contributed by atoms with E-state index in [1.54, 1.807) is 6.20 Å². The fourth-order valence-corrected chi connectivity index (χ4v) is 3.19. The monoisotopic (exact) mass is 349 g/mol. The zero-order valence-electron chi connectivity index (χ0n) is 10.5. The summed E-state index contributed by atoms with van der Waals surface area (Å²) in [6.45, 7) is 0.616. The van der Waals surface area contributed by atoms with Gasteiger partial charge in [0.05, 0.1) is 4.88 Å². The number of hydrogen-bond acceptors (Lipinski definition) is 3. The van der Waals surface area contributed by atoms with Crippen molar-refractivity contribution in [2.24, 2.45) is 0 Å². The Morgan fingerprint density at radius 1 is 1.45 bits per heavy atom. The molecule has 3 aromatic heterocycles. The highest BCUT2D eigenvalue weighted by Crippen LogP contribution is 2.25. The third-order valence-electron chi connectivity index (χ3n) is 2.90. The normalized spacial score (nSPS) is 10.8. The van der Waals surface area contributed by atoms with Crippen molar-refractivity contribution in [3.05, 3.63) is 51.7 Å². The molecule has 0 radical (unpaired) electrons. The molecule has 3 aromatic rings. The lowest BCUT2D eigenvalue weighted by atomic mass is 10.3. The van der Waals surface area contributed by atoms with Gasteiger partial charge in [-0.05, 0) is 40.2 Å². The van der Waals surface area contributed by atoms with Crippen molar-refractivity contribution in [3.63, 3.8) is 0 Å². The number of H-pyrrole nitrogens is 1. The van der Waals surface area contributed by atoms with Gasteiger partial charge in [-0.2, -0.15) is 0 Å². The zero-order chi connectivity index (χ0) is 13.9. The van der Waals surface area contributed by atoms with E-state index >= 15 is 0 Å². The van der Waals surface area contributed by atoms with Gasteiger partial charge in [0.2, 0.25) is 0 Å². The lowest BCUT2D eigenvalue weighted by Crippen LogP contribution is -2.24. The second-order valence-electron chi connectivity index (χ2n) is 4.36. The van der Waals surface area contributed by atoms with Crippen molar-refractivity contribution in [2.75, 3.05) is 6.54 Å². The molecule has 20 heavy (non-hydrogen) atoms. The Kier molecular flexibility index (Phi) is 3.84. The maximum Gasteiger partial charge on any atom is 0.261 e. The molecule has 0 bridgehead atoms. The predicted molar refractivity (Wildman–Crippen MR) is 84.1 cm³/mol. The molecule has 0 aromatic carbocycles. The summed E-state index contributed by atoms with van der Waals surface area (Å²) in [5.41, 5.74) is 1.12. The highest BCUT2D eigenvalue weighted by molar-refractivity contribution is 9.10. The molecule has 0 aliphatic heterocycles. The van der Waals surface area contributed by atoms with Gasteiger partial charge in [-0.15, -0.1) is 11.3 Å². The van der Waals surface area contributed by atoms with E-state index in [0.717, 1.165) is 26.8 Å². The lowest BCUT2D eigenvalue weighted by molar-refractivity contribution is 0.0958. The number of nitrogens with one attached hydrogen (secondary N) is 2. The van der Waals surface area contributed by atoms with E-state index in [1.165, 1.54) is 11.3 Å². The Hall–Kier alpha value is -1.66. The summed E-state index contributed by atoms with van der Waals surface area (Å²) in [6, 6.07) is 7.80. The van der Waals surface area contributed by atoms with Crippen LogP contribution in [0.1, 0.15) is 15.4 Å². The molecule has 0 fully saturated rings. The number of thiophene rings is 1. The van der Waals surface area contributed by atoms with Crippen molar-refractivity contribution in [2.45, 2.75) is 6.42 Å². The van der Waals surface area contributed by atoms with Gasteiger partial charge >= 0.3 is 0 Å². The van der Waals surface area contributed by atoms with Crippen LogP contribution in [0.3, 0.4) is 0 Å². The molecule has 6 heteroatoms. The first-order valence-electron chi connectivity index (χ1n) is 6.18. The molecular formula is C14H12BrN3OS. The third kappa shape index (κ3) is 2.91. The summed E-state index contributed by atoms with van der Waals surface area (Å²) < 4.78 is 0.918. The quantitative estimate of drug-likeness (QED) is 0.758. The van der Waals surface area contributed by atoms with Crippen LogP contribution < -0.4 is 5.32 Å². The smallest absolute Gasteiger partial charge is 0.261 e. The molecule has 3 rings (SSSR count). The van der Waals surface area contributed by atoms with Crippen LogP contribution in [0, 0.1) is 0 Å². The number of rotatable bonds is 4. The van der Waals surface area contributed by atoms with Crippen molar-refractivity contribution in [3.8, 4) is 0 Å². The molecule has 0 aliphatic carbocycles. The minimum absolute atomic E-state index is 0.0457. The van der Waals surface area contributed by atoms with E-state index in [1.807, 2.05) is 30.5 Å². The van der Waals surface area contributed by atoms with E-state index in [4.69, 9.17) is 0 Å². The number of hydrogen-bond donors (Lipinski definition) is 2. The fourth-order valence-electron chi connectivity index (χ4n) is 1.94. The Morgan fingerprint density at radius 3 is 3.15 bits per heavy atom. The van der Waals surface area contributed by atoms with Gasteiger partial charge in [0.15, 0.2) is 0 Å². The van der Waals surface area contributed by atoms with Crippen LogP contribution in [-0.4, -0.2) is 22.4 Å². The second-order valence-corrected chi connectivity index (χ2v) is 6.31. The average molecular weight is 350 g/mol. The number of fused-ring (bicyclic) bond motifs is 1. The summed E-state index contributed by atoms with van der Waals surface area (Å²) in [4.78, 5) is 21.1. The molecule has 0 aliphatic rings. The number of aromatic amines is 1. The maximum atomic E-state index is 12.1. The molecule has 2 N–H and O–H groups in total. The Bertz CT molecular complexity index is 736. The minimum Gasteiger partial charge on any atom is -0.365 e. The van der Waals surface area contributed by atoms with E-state index in [0.29, 0.717) is 11.4 Å². The molecule has 1 amide bonds. The summed E-state index contributed by atoms with van der Waals surface area (Å²) >= 11 is 4.79. The molecule has 4 nitrogen and oxygen atoms in total. The standard InChI is InChI=1S/C14H12BrN3OS/c15-10-6-9-7-12(20-14(9)18-8-10)13(19)17-5-3-11-2-1-4-16-11/h1-2,4,6-8,16H,3,5H2,(H,17,19). The number of carbonyl (C=O) groups excluding carboxylic acids is 1. The second kappa shape index (κ2) is 5.76. The van der Waals surface area contributed by atoms with Crippen LogP contribution in [0.15, 0.2) is 41.1 Å². The van der Waals surface area contributed by atoms with E-state index < -0.39 is 0 Å². The number of amides is 1. The van der Waals surface area contributed by atoms with E-state index in [2.05, 4.69) is 31.2 Å². The van der Waals surface area contributed by atoms with Crippen molar-refractivity contribution >= 4 is 43.4 Å². The summed E-state index contributed by atoms with van der Waals surface area (Å²) in [7, 11) is 0. The summed E-state index contributed by atoms with van der Waals surface area (Å²) in [5.74, 6) is -0.0457. The largest absolute Gasteiger partial charge is 0.365 e. The van der Waals surface area contributed by atoms with Gasteiger partial charge < -0.3 is 10.3 Å². The van der Waals surface area contributed by atoms with Crippen molar-refractivity contribution in [1.82, 2.24) is 15.3 Å². The van der Waals surface area contributed by atoms with Gasteiger partial charge in [0.1, 0.15) is 4.83 Å². The zero-order valence-corrected chi connectivity index (χ0v) is 12.9. The van der Waals surface area contributed by atoms with Gasteiger partial charge in [0.25, 0.3) is 5.91 Å². The van der Waals surface area contributed by atoms with E-state index in [-0.39, 0.29) is 5.91 Å². The van der Waals surface area contributed by atoms with Crippen LogP contribution in [0.5, 0.6) is 0 Å².